The molecule has 1 aromatic carbocycles. The number of nitrogens with one attached hydrogen (secondary N) is 1. The predicted octanol–water partition coefficient (Wildman–Crippen LogP) is 2.53. The minimum absolute atomic E-state index is 0.0494. The summed E-state index contributed by atoms with van der Waals surface area (Å²) < 4.78 is 37.6. The lowest BCUT2D eigenvalue weighted by atomic mass is 10.1. The molecule has 1 unspecified atom stereocenters. The fourth-order valence-corrected chi connectivity index (χ4v) is 1.84. The smallest absolute Gasteiger partial charge is 0.396 e. The van der Waals surface area contributed by atoms with E-state index in [0.29, 0.717) is 18.4 Å². The number of benzene rings is 1. The monoisotopic (exact) mass is 289 g/mol. The van der Waals surface area contributed by atoms with Crippen molar-refractivity contribution in [3.63, 3.8) is 0 Å². The number of carbonyl (C=O) groups excluding carboxylic acids is 1. The van der Waals surface area contributed by atoms with Crippen molar-refractivity contribution < 1.29 is 23.1 Å². The third-order valence-corrected chi connectivity index (χ3v) is 2.82. The first kappa shape index (κ1) is 16.5. The van der Waals surface area contributed by atoms with Crippen LogP contribution in [0.3, 0.4) is 0 Å². The Balaban J connectivity index is 2.58. The minimum Gasteiger partial charge on any atom is -0.396 e. The quantitative estimate of drug-likeness (QED) is 0.845. The summed E-state index contributed by atoms with van der Waals surface area (Å²) in [5.74, 6) is -0.324. The SMILES string of the molecule is CC(CCCO)NC(=O)Cc1cccc(C(F)(F)F)c1. The molecule has 0 aliphatic rings. The average molecular weight is 289 g/mol. The second-order valence-electron chi connectivity index (χ2n) is 4.71. The normalized spacial score (nSPS) is 13.1. The van der Waals surface area contributed by atoms with Gasteiger partial charge in [-0.15, -0.1) is 0 Å². The summed E-state index contributed by atoms with van der Waals surface area (Å²) in [4.78, 5) is 11.7. The van der Waals surface area contributed by atoms with E-state index >= 15 is 0 Å². The van der Waals surface area contributed by atoms with E-state index in [1.165, 1.54) is 12.1 Å². The largest absolute Gasteiger partial charge is 0.416 e. The highest BCUT2D eigenvalue weighted by Gasteiger charge is 2.30. The zero-order chi connectivity index (χ0) is 15.2. The van der Waals surface area contributed by atoms with Crippen LogP contribution in [0.4, 0.5) is 13.2 Å². The van der Waals surface area contributed by atoms with Crippen molar-refractivity contribution in [2.75, 3.05) is 6.61 Å². The van der Waals surface area contributed by atoms with Crippen LogP contribution < -0.4 is 5.32 Å². The highest BCUT2D eigenvalue weighted by molar-refractivity contribution is 5.78. The predicted molar refractivity (Wildman–Crippen MR) is 69.1 cm³/mol. The second-order valence-corrected chi connectivity index (χ2v) is 4.71. The van der Waals surface area contributed by atoms with E-state index in [1.807, 2.05) is 0 Å². The van der Waals surface area contributed by atoms with Crippen molar-refractivity contribution >= 4 is 5.91 Å². The number of hydrogen-bond acceptors (Lipinski definition) is 2. The van der Waals surface area contributed by atoms with Gasteiger partial charge >= 0.3 is 6.18 Å². The van der Waals surface area contributed by atoms with Gasteiger partial charge in [0, 0.05) is 12.6 Å². The van der Waals surface area contributed by atoms with Gasteiger partial charge < -0.3 is 10.4 Å². The number of aliphatic hydroxyl groups is 1. The molecular weight excluding hydrogens is 271 g/mol. The van der Waals surface area contributed by atoms with E-state index in [0.717, 1.165) is 12.1 Å². The van der Waals surface area contributed by atoms with E-state index < -0.39 is 11.7 Å². The van der Waals surface area contributed by atoms with Crippen LogP contribution in [-0.4, -0.2) is 23.7 Å². The maximum absolute atomic E-state index is 12.5. The molecule has 6 heteroatoms. The summed E-state index contributed by atoms with van der Waals surface area (Å²) in [5.41, 5.74) is -0.428. The van der Waals surface area contributed by atoms with E-state index in [9.17, 15) is 18.0 Å². The molecule has 0 saturated carbocycles. The molecule has 0 heterocycles. The summed E-state index contributed by atoms with van der Waals surface area (Å²) in [5, 5.41) is 11.4. The number of hydrogen-bond donors (Lipinski definition) is 2. The third-order valence-electron chi connectivity index (χ3n) is 2.82. The van der Waals surface area contributed by atoms with Gasteiger partial charge in [0.05, 0.1) is 12.0 Å². The van der Waals surface area contributed by atoms with Gasteiger partial charge in [0.15, 0.2) is 0 Å². The molecular formula is C14H18F3NO2. The Morgan fingerprint density at radius 3 is 2.70 bits per heavy atom. The van der Waals surface area contributed by atoms with Gasteiger partial charge in [0.25, 0.3) is 0 Å². The van der Waals surface area contributed by atoms with Crippen molar-refractivity contribution in [2.45, 2.75) is 38.4 Å². The lowest BCUT2D eigenvalue weighted by Crippen LogP contribution is -2.33. The number of amides is 1. The van der Waals surface area contributed by atoms with E-state index in [2.05, 4.69) is 5.32 Å². The molecule has 2 N–H and O–H groups in total. The Morgan fingerprint density at radius 1 is 1.40 bits per heavy atom. The van der Waals surface area contributed by atoms with Crippen LogP contribution in [0.15, 0.2) is 24.3 Å². The summed E-state index contributed by atoms with van der Waals surface area (Å²) >= 11 is 0. The number of halogens is 3. The van der Waals surface area contributed by atoms with Gasteiger partial charge in [-0.25, -0.2) is 0 Å². The molecule has 0 spiro atoms. The summed E-state index contributed by atoms with van der Waals surface area (Å²) in [6, 6.07) is 4.64. The first-order valence-electron chi connectivity index (χ1n) is 6.39. The van der Waals surface area contributed by atoms with Crippen LogP contribution in [0, 0.1) is 0 Å². The Bertz CT molecular complexity index is 446. The van der Waals surface area contributed by atoms with Gasteiger partial charge in [-0.05, 0) is 31.4 Å². The molecule has 1 amide bonds. The molecule has 1 atom stereocenters. The summed E-state index contributed by atoms with van der Waals surface area (Å²) in [6.07, 6.45) is -3.29. The van der Waals surface area contributed by atoms with E-state index in [4.69, 9.17) is 5.11 Å². The molecule has 0 bridgehead atoms. The Morgan fingerprint density at radius 2 is 2.10 bits per heavy atom. The number of aliphatic hydroxyl groups excluding tert-OH is 1. The molecule has 1 aromatic rings. The van der Waals surface area contributed by atoms with Crippen molar-refractivity contribution in [2.24, 2.45) is 0 Å². The van der Waals surface area contributed by atoms with Crippen LogP contribution >= 0.6 is 0 Å². The number of carbonyl (C=O) groups is 1. The number of rotatable bonds is 6. The highest BCUT2D eigenvalue weighted by atomic mass is 19.4. The van der Waals surface area contributed by atoms with E-state index in [1.54, 1.807) is 6.92 Å². The molecule has 3 nitrogen and oxygen atoms in total. The van der Waals surface area contributed by atoms with Crippen LogP contribution in [0.25, 0.3) is 0 Å². The number of alkyl halides is 3. The van der Waals surface area contributed by atoms with Gasteiger partial charge in [-0.1, -0.05) is 18.2 Å². The molecule has 0 saturated heterocycles. The van der Waals surface area contributed by atoms with Gasteiger partial charge in [-0.3, -0.25) is 4.79 Å². The minimum atomic E-state index is -4.40. The standard InChI is InChI=1S/C14H18F3NO2/c1-10(4-3-7-19)18-13(20)9-11-5-2-6-12(8-11)14(15,16)17/h2,5-6,8,10,19H,3-4,7,9H2,1H3,(H,18,20). The molecule has 0 aromatic heterocycles. The topological polar surface area (TPSA) is 49.3 Å². The second kappa shape index (κ2) is 7.28. The van der Waals surface area contributed by atoms with Crippen LogP contribution in [0.2, 0.25) is 0 Å². The molecule has 112 valence electrons. The molecule has 0 radical (unpaired) electrons. The Hall–Kier alpha value is -1.56. The van der Waals surface area contributed by atoms with Gasteiger partial charge in [0.2, 0.25) is 5.91 Å². The molecule has 0 aliphatic carbocycles. The first-order valence-corrected chi connectivity index (χ1v) is 6.39. The zero-order valence-electron chi connectivity index (χ0n) is 11.2. The lowest BCUT2D eigenvalue weighted by Gasteiger charge is -2.13. The van der Waals surface area contributed by atoms with Crippen molar-refractivity contribution in [3.8, 4) is 0 Å². The fourth-order valence-electron chi connectivity index (χ4n) is 1.84. The maximum atomic E-state index is 12.5. The molecule has 0 aliphatic heterocycles. The van der Waals surface area contributed by atoms with Crippen LogP contribution in [-0.2, 0) is 17.4 Å². The zero-order valence-corrected chi connectivity index (χ0v) is 11.2. The van der Waals surface area contributed by atoms with E-state index in [-0.39, 0.29) is 25.0 Å². The third kappa shape index (κ3) is 5.61. The van der Waals surface area contributed by atoms with Crippen molar-refractivity contribution in [1.29, 1.82) is 0 Å². The molecule has 20 heavy (non-hydrogen) atoms. The van der Waals surface area contributed by atoms with Gasteiger partial charge in [-0.2, -0.15) is 13.2 Å². The molecule has 0 fully saturated rings. The van der Waals surface area contributed by atoms with Crippen LogP contribution in [0.5, 0.6) is 0 Å². The average Bonchev–Trinajstić information content (AvgIpc) is 2.35. The maximum Gasteiger partial charge on any atom is 0.416 e. The van der Waals surface area contributed by atoms with Crippen molar-refractivity contribution in [3.05, 3.63) is 35.4 Å². The lowest BCUT2D eigenvalue weighted by molar-refractivity contribution is -0.137. The fraction of sp³-hybridized carbons (Fsp3) is 0.500. The first-order chi connectivity index (χ1) is 9.32. The Kier molecular flexibility index (Phi) is 6.01. The Labute approximate surface area is 115 Å². The molecule has 1 rings (SSSR count). The van der Waals surface area contributed by atoms with Gasteiger partial charge in [0.1, 0.15) is 0 Å². The van der Waals surface area contributed by atoms with Crippen molar-refractivity contribution in [1.82, 2.24) is 5.32 Å². The summed E-state index contributed by atoms with van der Waals surface area (Å²) in [6.45, 7) is 1.84. The highest BCUT2D eigenvalue weighted by Crippen LogP contribution is 2.29. The summed E-state index contributed by atoms with van der Waals surface area (Å²) in [7, 11) is 0. The van der Waals surface area contributed by atoms with Crippen LogP contribution in [0.1, 0.15) is 30.9 Å².